The molecule has 158 valence electrons. The fourth-order valence-corrected chi connectivity index (χ4v) is 5.83. The largest absolute Gasteiger partial charge is 0.325 e. The molecule has 0 radical (unpaired) electrons. The van der Waals surface area contributed by atoms with E-state index in [0.29, 0.717) is 22.2 Å². The Morgan fingerprint density at radius 3 is 2.67 bits per heavy atom. The molecule has 0 spiro atoms. The second-order valence-electron chi connectivity index (χ2n) is 8.64. The third-order valence-corrected chi connectivity index (χ3v) is 7.65. The number of hydrogen-bond donors (Lipinski definition) is 2. The van der Waals surface area contributed by atoms with Gasteiger partial charge in [-0.15, -0.1) is 23.1 Å². The molecule has 0 aliphatic heterocycles. The van der Waals surface area contributed by atoms with Crippen molar-refractivity contribution in [2.24, 2.45) is 11.3 Å². The van der Waals surface area contributed by atoms with Gasteiger partial charge in [-0.05, 0) is 48.3 Å². The molecule has 0 saturated heterocycles. The molecule has 1 aromatic heterocycles. The van der Waals surface area contributed by atoms with Crippen LogP contribution in [0.1, 0.15) is 50.1 Å². The number of thioether (sulfide) groups is 1. The van der Waals surface area contributed by atoms with Gasteiger partial charge in [0.15, 0.2) is 0 Å². The number of amides is 2. The number of para-hydroxylation sites is 1. The smallest absolute Gasteiger partial charge is 0.235 e. The third-order valence-electron chi connectivity index (χ3n) is 5.41. The molecule has 1 aliphatic rings. The molecule has 1 aliphatic carbocycles. The molecule has 2 N–H and O–H groups in total. The standard InChI is InChI=1S/C23H27N3O2S2/c1-14(27)25-18-7-5-6-8-19(18)29-13-21(28)26-22-17(12-24)16-10-9-15(23(2,3)4)11-20(16)30-22/h5-8,15H,9-11,13H2,1-4H3,(H,25,27)(H,26,28). The van der Waals surface area contributed by atoms with Gasteiger partial charge in [0.25, 0.3) is 0 Å². The molecule has 0 bridgehead atoms. The predicted molar refractivity (Wildman–Crippen MR) is 124 cm³/mol. The minimum Gasteiger partial charge on any atom is -0.325 e. The molecule has 2 amide bonds. The number of anilines is 2. The van der Waals surface area contributed by atoms with E-state index in [4.69, 9.17) is 0 Å². The third kappa shape index (κ3) is 5.24. The Balaban J connectivity index is 1.69. The van der Waals surface area contributed by atoms with Gasteiger partial charge in [-0.3, -0.25) is 9.59 Å². The Hall–Kier alpha value is -2.30. The number of carbonyl (C=O) groups is 2. The van der Waals surface area contributed by atoms with Gasteiger partial charge < -0.3 is 10.6 Å². The highest BCUT2D eigenvalue weighted by atomic mass is 32.2. The summed E-state index contributed by atoms with van der Waals surface area (Å²) in [6.07, 6.45) is 2.93. The molecule has 1 heterocycles. The van der Waals surface area contributed by atoms with Crippen molar-refractivity contribution in [3.8, 4) is 6.07 Å². The van der Waals surface area contributed by atoms with Crippen molar-refractivity contribution in [3.63, 3.8) is 0 Å². The van der Waals surface area contributed by atoms with Crippen LogP contribution in [0.3, 0.4) is 0 Å². The SMILES string of the molecule is CC(=O)Nc1ccccc1SCC(=O)Nc1sc2c(c1C#N)CCC(C(C)(C)C)C2. The van der Waals surface area contributed by atoms with Crippen LogP contribution in [0, 0.1) is 22.7 Å². The van der Waals surface area contributed by atoms with Gasteiger partial charge >= 0.3 is 0 Å². The number of benzene rings is 1. The molecule has 3 rings (SSSR count). The first-order chi connectivity index (χ1) is 14.2. The second kappa shape index (κ2) is 9.23. The van der Waals surface area contributed by atoms with Crippen molar-refractivity contribution in [2.45, 2.75) is 51.9 Å². The first-order valence-corrected chi connectivity index (χ1v) is 11.8. The van der Waals surface area contributed by atoms with E-state index in [0.717, 1.165) is 29.7 Å². The Morgan fingerprint density at radius 1 is 1.27 bits per heavy atom. The average molecular weight is 442 g/mol. The van der Waals surface area contributed by atoms with E-state index in [-0.39, 0.29) is 23.0 Å². The molecule has 7 heteroatoms. The quantitative estimate of drug-likeness (QED) is 0.604. The van der Waals surface area contributed by atoms with Crippen molar-refractivity contribution < 1.29 is 9.59 Å². The van der Waals surface area contributed by atoms with Crippen LogP contribution < -0.4 is 10.6 Å². The lowest BCUT2D eigenvalue weighted by Gasteiger charge is -2.33. The van der Waals surface area contributed by atoms with Gasteiger partial charge in [-0.1, -0.05) is 32.9 Å². The molecule has 1 unspecified atom stereocenters. The highest BCUT2D eigenvalue weighted by molar-refractivity contribution is 8.00. The molecular weight excluding hydrogens is 414 g/mol. The van der Waals surface area contributed by atoms with E-state index < -0.39 is 0 Å². The van der Waals surface area contributed by atoms with Gasteiger partial charge in [0.05, 0.1) is 17.0 Å². The average Bonchev–Trinajstić information content (AvgIpc) is 3.02. The number of nitriles is 1. The van der Waals surface area contributed by atoms with Crippen LogP contribution in [-0.4, -0.2) is 17.6 Å². The lowest BCUT2D eigenvalue weighted by Crippen LogP contribution is -2.26. The van der Waals surface area contributed by atoms with E-state index in [1.165, 1.54) is 23.6 Å². The number of hydrogen-bond acceptors (Lipinski definition) is 5. The van der Waals surface area contributed by atoms with E-state index in [9.17, 15) is 14.9 Å². The molecular formula is C23H27N3O2S2. The number of carbonyl (C=O) groups excluding carboxylic acids is 2. The summed E-state index contributed by atoms with van der Waals surface area (Å²) in [5, 5.41) is 16.1. The number of thiophene rings is 1. The van der Waals surface area contributed by atoms with E-state index in [1.54, 1.807) is 11.3 Å². The topological polar surface area (TPSA) is 82.0 Å². The normalized spacial score (nSPS) is 15.8. The minimum atomic E-state index is -0.153. The van der Waals surface area contributed by atoms with Gasteiger partial charge in [0.1, 0.15) is 11.1 Å². The molecule has 1 atom stereocenters. The predicted octanol–water partition coefficient (Wildman–Crippen LogP) is 5.46. The monoisotopic (exact) mass is 441 g/mol. The zero-order valence-corrected chi connectivity index (χ0v) is 19.4. The summed E-state index contributed by atoms with van der Waals surface area (Å²) in [5.41, 5.74) is 2.66. The number of fused-ring (bicyclic) bond motifs is 1. The maximum Gasteiger partial charge on any atom is 0.235 e. The van der Waals surface area contributed by atoms with Crippen LogP contribution in [0.2, 0.25) is 0 Å². The van der Waals surface area contributed by atoms with Crippen molar-refractivity contribution in [1.29, 1.82) is 5.26 Å². The van der Waals surface area contributed by atoms with Crippen molar-refractivity contribution in [1.82, 2.24) is 0 Å². The van der Waals surface area contributed by atoms with Gasteiger partial charge in [-0.2, -0.15) is 5.26 Å². The summed E-state index contributed by atoms with van der Waals surface area (Å²) < 4.78 is 0. The molecule has 2 aromatic rings. The lowest BCUT2D eigenvalue weighted by molar-refractivity contribution is -0.114. The highest BCUT2D eigenvalue weighted by Crippen LogP contribution is 2.44. The van der Waals surface area contributed by atoms with Crippen LogP contribution in [0.4, 0.5) is 10.7 Å². The summed E-state index contributed by atoms with van der Waals surface area (Å²) in [6, 6.07) is 9.71. The van der Waals surface area contributed by atoms with E-state index in [1.807, 2.05) is 24.3 Å². The zero-order valence-electron chi connectivity index (χ0n) is 17.8. The number of rotatable bonds is 5. The van der Waals surface area contributed by atoms with Gasteiger partial charge in [0.2, 0.25) is 11.8 Å². The minimum absolute atomic E-state index is 0.149. The Labute approximate surface area is 186 Å². The summed E-state index contributed by atoms with van der Waals surface area (Å²) in [7, 11) is 0. The number of nitrogens with one attached hydrogen (secondary N) is 2. The lowest BCUT2D eigenvalue weighted by atomic mass is 9.72. The van der Waals surface area contributed by atoms with Crippen LogP contribution in [0.5, 0.6) is 0 Å². The molecule has 0 saturated carbocycles. The van der Waals surface area contributed by atoms with Gasteiger partial charge in [-0.25, -0.2) is 0 Å². The first-order valence-electron chi connectivity index (χ1n) is 10.0. The Bertz CT molecular complexity index is 999. The second-order valence-corrected chi connectivity index (χ2v) is 10.8. The summed E-state index contributed by atoms with van der Waals surface area (Å²) in [4.78, 5) is 26.0. The first kappa shape index (κ1) is 22.4. The van der Waals surface area contributed by atoms with Crippen molar-refractivity contribution in [3.05, 3.63) is 40.3 Å². The zero-order chi connectivity index (χ0) is 21.9. The highest BCUT2D eigenvalue weighted by Gasteiger charge is 2.32. The summed E-state index contributed by atoms with van der Waals surface area (Å²) in [6.45, 7) is 8.25. The van der Waals surface area contributed by atoms with Crippen LogP contribution >= 0.6 is 23.1 Å². The molecule has 30 heavy (non-hydrogen) atoms. The van der Waals surface area contributed by atoms with Crippen LogP contribution in [-0.2, 0) is 22.4 Å². The van der Waals surface area contributed by atoms with Gasteiger partial charge in [0, 0.05) is 16.7 Å². The van der Waals surface area contributed by atoms with Crippen molar-refractivity contribution >= 4 is 45.6 Å². The Morgan fingerprint density at radius 2 is 2.00 bits per heavy atom. The summed E-state index contributed by atoms with van der Waals surface area (Å²) in [5.74, 6) is 0.484. The maximum absolute atomic E-state index is 12.6. The molecule has 0 fully saturated rings. The maximum atomic E-state index is 12.6. The number of nitrogens with zero attached hydrogens (tertiary/aromatic N) is 1. The van der Waals surface area contributed by atoms with Crippen molar-refractivity contribution in [2.75, 3.05) is 16.4 Å². The van der Waals surface area contributed by atoms with E-state index >= 15 is 0 Å². The van der Waals surface area contributed by atoms with Crippen LogP contribution in [0.25, 0.3) is 0 Å². The molecule has 1 aromatic carbocycles. The fraction of sp³-hybridized carbons (Fsp3) is 0.435. The van der Waals surface area contributed by atoms with E-state index in [2.05, 4.69) is 37.5 Å². The van der Waals surface area contributed by atoms with Crippen LogP contribution in [0.15, 0.2) is 29.2 Å². The molecule has 5 nitrogen and oxygen atoms in total. The summed E-state index contributed by atoms with van der Waals surface area (Å²) >= 11 is 2.91. The fourth-order valence-electron chi connectivity index (χ4n) is 3.72. The Kier molecular flexibility index (Phi) is 6.89.